The Morgan fingerprint density at radius 3 is 0.542 bits per heavy atom. The maximum Gasteiger partial charge on any atom is 0.187 e. The molecule has 0 aromatic rings. The minimum atomic E-state index is -2.35. The zero-order valence-corrected chi connectivity index (χ0v) is 55.1. The van der Waals surface area contributed by atoms with E-state index in [0.29, 0.717) is 0 Å². The molecule has 30 aliphatic rings. The molecule has 0 aromatic heterocycles. The summed E-state index contributed by atoms with van der Waals surface area (Å²) in [7, 11) is 0. The third kappa shape index (κ3) is 19.0. The van der Waals surface area contributed by atoms with Crippen molar-refractivity contribution in [1.82, 2.24) is 0 Å². The van der Waals surface area contributed by atoms with Crippen molar-refractivity contribution in [2.24, 2.45) is 40.9 Å². The molecule has 0 aromatic carbocycles. The average Bonchev–Trinajstić information content (AvgIpc) is 0.772. The van der Waals surface area contributed by atoms with Crippen LogP contribution in [0, 0.1) is 0 Å². The summed E-state index contributed by atoms with van der Waals surface area (Å²) in [5, 5.41) is 205. The number of hydrogen-bond acceptors (Lipinski definition) is 40. The lowest BCUT2D eigenvalue weighted by Crippen LogP contribution is -2.69. The molecule has 40 atom stereocenters. The molecule has 0 amide bonds. The zero-order chi connectivity index (χ0) is 77.5. The molecule has 107 heavy (non-hydrogen) atoms. The Balaban J connectivity index is 1.08. The highest BCUT2D eigenvalue weighted by Gasteiger charge is 2.61. The van der Waals surface area contributed by atoms with Crippen LogP contribution in [0.4, 0.5) is 0 Å². The summed E-state index contributed by atoms with van der Waals surface area (Å²) in [5.41, 5.74) is 75.6. The lowest BCUT2D eigenvalue weighted by atomic mass is 9.94. The molecular formula is C51H76N24O32. The monoisotopic (exact) mass is 1540 g/mol. The van der Waals surface area contributed by atoms with Crippen molar-refractivity contribution in [2.75, 3.05) is 59.0 Å². The smallest absolute Gasteiger partial charge is 0.187 e. The highest BCUT2D eigenvalue weighted by atomic mass is 16.8. The number of nitrogens with zero attached hydrogens (tertiary/aromatic N) is 24. The second kappa shape index (κ2) is 39.0. The molecule has 0 radical (unpaired) electrons. The molecule has 30 aliphatic heterocycles. The van der Waals surface area contributed by atoms with E-state index in [1.165, 1.54) is 6.08 Å². The van der Waals surface area contributed by atoms with Crippen LogP contribution in [-0.4, -0.2) is 381 Å². The van der Waals surface area contributed by atoms with Gasteiger partial charge in [-0.3, -0.25) is 0 Å². The fourth-order valence-corrected chi connectivity index (χ4v) is 13.2. The van der Waals surface area contributed by atoms with Crippen LogP contribution in [0.5, 0.6) is 0 Å². The zero-order valence-electron chi connectivity index (χ0n) is 55.1. The Labute approximate surface area is 597 Å². The molecule has 30 fully saturated rings. The lowest BCUT2D eigenvalue weighted by molar-refractivity contribution is -0.399. The minimum Gasteiger partial charge on any atom is -0.387 e. The quantitative estimate of drug-likeness (QED) is 0.0248. The first kappa shape index (κ1) is 84.0. The van der Waals surface area contributed by atoms with E-state index in [9.17, 15) is 121 Å². The van der Waals surface area contributed by atoms with Gasteiger partial charge in [-0.2, -0.15) is 0 Å². The van der Waals surface area contributed by atoms with Crippen molar-refractivity contribution in [2.45, 2.75) is 246 Å². The van der Waals surface area contributed by atoms with Crippen molar-refractivity contribution in [3.05, 3.63) is 96.2 Å². The molecular weight excluding hydrogens is 1460 g/mol. The van der Waals surface area contributed by atoms with E-state index in [0.717, 1.165) is 0 Å². The van der Waals surface area contributed by atoms with Crippen LogP contribution in [0.25, 0.3) is 83.5 Å². The molecule has 30 heterocycles. The first-order valence-electron chi connectivity index (χ1n) is 32.4. The molecule has 15 N–H and O–H groups in total. The van der Waals surface area contributed by atoms with Gasteiger partial charge in [0.15, 0.2) is 50.3 Å². The minimum absolute atomic E-state index is 0.451. The first-order valence-corrected chi connectivity index (χ1v) is 32.4. The van der Waals surface area contributed by atoms with Crippen LogP contribution in [0.2, 0.25) is 0 Å². The second-order valence-corrected chi connectivity index (χ2v) is 24.9. The number of azide groups is 8. The summed E-state index contributed by atoms with van der Waals surface area (Å²) in [6.07, 6.45) is -83.0. The van der Waals surface area contributed by atoms with Crippen molar-refractivity contribution in [1.29, 1.82) is 0 Å². The summed E-state index contributed by atoms with van der Waals surface area (Å²) < 4.78 is 102. The normalized spacial score (nSPS) is 46.6. The van der Waals surface area contributed by atoms with Crippen molar-refractivity contribution in [3.8, 4) is 0 Å². The van der Waals surface area contributed by atoms with Crippen LogP contribution in [0.15, 0.2) is 53.6 Å². The second-order valence-electron chi connectivity index (χ2n) is 24.9. The summed E-state index contributed by atoms with van der Waals surface area (Å²) in [6, 6.07) is 0. The fourth-order valence-electron chi connectivity index (χ4n) is 13.2. The van der Waals surface area contributed by atoms with Crippen LogP contribution in [0.3, 0.4) is 0 Å². The summed E-state index contributed by atoms with van der Waals surface area (Å²) in [5.74, 6) is 0. The van der Waals surface area contributed by atoms with Gasteiger partial charge in [-0.05, 0) is 44.2 Å². The van der Waals surface area contributed by atoms with Gasteiger partial charge >= 0.3 is 0 Å². The molecule has 56 heteroatoms. The molecule has 0 aliphatic carbocycles. The summed E-state index contributed by atoms with van der Waals surface area (Å²) >= 11 is 0. The van der Waals surface area contributed by atoms with Crippen LogP contribution < -0.4 is 0 Å². The van der Waals surface area contributed by atoms with Gasteiger partial charge in [0.25, 0.3) is 0 Å². The Bertz CT molecular complexity index is 3370. The maximum absolute atomic E-state index is 12.3. The van der Waals surface area contributed by atoms with Gasteiger partial charge in [0.05, 0.1) is 108 Å². The van der Waals surface area contributed by atoms with Crippen LogP contribution in [-0.2, 0) is 80.5 Å². The Morgan fingerprint density at radius 2 is 0.383 bits per heavy atom. The molecule has 30 saturated heterocycles. The SMILES string of the molecule is C=CCOC1C2OC(CN=[N+]=[N-])C(OC3OC(CN=[N+]=[N-])C(OC4OC(CN=[N+]=[N-])C(OC5OC(CN=[N+]=[N-])C(OC6OC(CN=[N+]=[N-])C(OC7OC(CN=[N+]=[N-])C(OC8OC(CN=[N+]=[N-])C(OC9OC(CN=[N+]=[N-])C(O2)C(O)C9O)C(O)C8O)C(O)C7O)C(O)C6O)C(O)C5O)C(O)C4O)C(O)C3O)C1O. The first-order chi connectivity index (χ1) is 51.4. The van der Waals surface area contributed by atoms with Gasteiger partial charge in [-0.25, -0.2) is 0 Å². The largest absolute Gasteiger partial charge is 0.387 e. The summed E-state index contributed by atoms with van der Waals surface area (Å²) in [4.78, 5) is 21.5. The average molecular weight is 1540 g/mol. The predicted molar refractivity (Wildman–Crippen MR) is 330 cm³/mol. The van der Waals surface area contributed by atoms with Gasteiger partial charge in [-0.15, -0.1) is 6.58 Å². The van der Waals surface area contributed by atoms with Crippen molar-refractivity contribution in [3.63, 3.8) is 0 Å². The van der Waals surface area contributed by atoms with Gasteiger partial charge in [0.1, 0.15) is 146 Å². The highest BCUT2D eigenvalue weighted by Crippen LogP contribution is 2.41. The van der Waals surface area contributed by atoms with Crippen molar-refractivity contribution < 1.29 is 157 Å². The van der Waals surface area contributed by atoms with E-state index in [-0.39, 0.29) is 0 Å². The molecule has 16 bridgehead atoms. The van der Waals surface area contributed by atoms with Gasteiger partial charge in [0, 0.05) is 39.3 Å². The number of ether oxygens (including phenoxy) is 17. The molecule has 40 unspecified atom stereocenters. The van der Waals surface area contributed by atoms with E-state index >= 15 is 0 Å². The van der Waals surface area contributed by atoms with E-state index in [4.69, 9.17) is 80.5 Å². The van der Waals surface area contributed by atoms with Gasteiger partial charge in [-0.1, -0.05) is 47.0 Å². The van der Waals surface area contributed by atoms with E-state index < -0.39 is 305 Å². The third-order valence-corrected chi connectivity index (χ3v) is 18.4. The molecule has 56 nitrogen and oxygen atoms in total. The summed E-state index contributed by atoms with van der Waals surface area (Å²) in [6.45, 7) is -3.48. The number of rotatable bonds is 19. The standard InChI is InChI=1S/C51H76N24O32/c1-2-3-91-43-34(90)42-19(11-67-75-59)99-51(43)107-41-18(10-66-74-58)98-49(33(89)26(41)82)105-39-16(8-64-72-56)96-47(31(87)24(39)80)103-37-14(6-62-70-54)94-45(29(85)22(37)78)101-35-12(4-60-68-52)92-44(27(83)20(35)76)100-36-13(5-61-69-53)93-46(28(84)21(36)77)102-38-15(7-63-71-55)95-48(30(86)23(38)79)104-40-17(9-65-73-57)97-50(106-42)32(88)25(40)81/h2,12-51,76-90H,1,3-11H2. The van der Waals surface area contributed by atoms with Gasteiger partial charge < -0.3 is 157 Å². The van der Waals surface area contributed by atoms with Gasteiger partial charge in [0.2, 0.25) is 0 Å². The topological polar surface area (TPSA) is 850 Å². The highest BCUT2D eigenvalue weighted by molar-refractivity contribution is 5.04. The molecule has 0 saturated carbocycles. The molecule has 592 valence electrons. The Hall–Kier alpha value is -7.06. The van der Waals surface area contributed by atoms with Crippen LogP contribution in [0.1, 0.15) is 0 Å². The van der Waals surface area contributed by atoms with Crippen molar-refractivity contribution >= 4 is 0 Å². The van der Waals surface area contributed by atoms with Crippen LogP contribution >= 0.6 is 0 Å². The number of hydrogen-bond donors (Lipinski definition) is 15. The van der Waals surface area contributed by atoms with E-state index in [1.54, 1.807) is 0 Å². The molecule has 30 rings (SSSR count). The van der Waals surface area contributed by atoms with E-state index in [1.807, 2.05) is 0 Å². The predicted octanol–water partition coefficient (Wildman–Crippen LogP) is -5.65. The van der Waals surface area contributed by atoms with E-state index in [2.05, 4.69) is 86.8 Å². The fraction of sp³-hybridized carbons (Fsp3) is 0.961. The molecule has 0 spiro atoms. The number of aliphatic hydroxyl groups excluding tert-OH is 15. The third-order valence-electron chi connectivity index (χ3n) is 18.4. The number of aliphatic hydroxyl groups is 15. The Kier molecular flexibility index (Phi) is 30.6. The lowest BCUT2D eigenvalue weighted by Gasteiger charge is -2.51. The Morgan fingerprint density at radius 1 is 0.234 bits per heavy atom. The maximum atomic E-state index is 12.3.